The van der Waals surface area contributed by atoms with E-state index in [1.165, 1.54) is 0 Å². The van der Waals surface area contributed by atoms with Crippen LogP contribution in [0, 0.1) is 18.8 Å². The van der Waals surface area contributed by atoms with Gasteiger partial charge in [0, 0.05) is 23.0 Å². The van der Waals surface area contributed by atoms with Gasteiger partial charge in [0.2, 0.25) is 0 Å². The number of aryl methyl sites for hydroxylation is 1. The van der Waals surface area contributed by atoms with Crippen molar-refractivity contribution in [2.45, 2.75) is 13.0 Å². The van der Waals surface area contributed by atoms with Crippen LogP contribution in [0.2, 0.25) is 0 Å². The fraction of sp³-hybridized carbons (Fsp3) is 0.125. The van der Waals surface area contributed by atoms with Crippen molar-refractivity contribution in [2.24, 2.45) is 0 Å². The number of carbonyl (C=O) groups excluding carboxylic acids is 1. The van der Waals surface area contributed by atoms with E-state index in [0.29, 0.717) is 5.82 Å². The maximum atomic E-state index is 11.6. The van der Waals surface area contributed by atoms with Crippen LogP contribution < -0.4 is 10.6 Å². The first kappa shape index (κ1) is 13.6. The largest absolute Gasteiger partial charge is 0.351 e. The summed E-state index contributed by atoms with van der Waals surface area (Å²) in [6, 6.07) is 3.21. The molecule has 1 aromatic rings. The molecule has 0 spiro atoms. The minimum Gasteiger partial charge on any atom is -0.351 e. The maximum Gasteiger partial charge on any atom is 0.260 e. The first-order chi connectivity index (χ1) is 9.61. The number of carbonyl (C=O) groups is 1. The lowest BCUT2D eigenvalue weighted by atomic mass is 10.0. The van der Waals surface area contributed by atoms with Crippen molar-refractivity contribution >= 4 is 11.5 Å². The van der Waals surface area contributed by atoms with Crippen molar-refractivity contribution < 1.29 is 4.79 Å². The van der Waals surface area contributed by atoms with E-state index < -0.39 is 6.04 Å². The Hall–Kier alpha value is -2.80. The molecule has 4 nitrogen and oxygen atoms in total. The van der Waals surface area contributed by atoms with E-state index in [-0.39, 0.29) is 5.91 Å². The number of pyridine rings is 1. The summed E-state index contributed by atoms with van der Waals surface area (Å²) in [5, 5.41) is 5.44. The van der Waals surface area contributed by atoms with Gasteiger partial charge in [-0.05, 0) is 19.1 Å². The molecular weight excluding hydrogens is 250 g/mol. The second-order valence-electron chi connectivity index (χ2n) is 4.27. The average molecular weight is 265 g/mol. The van der Waals surface area contributed by atoms with Crippen molar-refractivity contribution in [2.75, 3.05) is 0 Å². The highest BCUT2D eigenvalue weighted by molar-refractivity contribution is 5.91. The van der Waals surface area contributed by atoms with Crippen LogP contribution >= 0.6 is 0 Å². The number of allylic oxidation sites excluding steroid dienone is 3. The maximum absolute atomic E-state index is 11.6. The third-order valence-corrected chi connectivity index (χ3v) is 2.79. The van der Waals surface area contributed by atoms with Crippen LogP contribution in [0.3, 0.4) is 0 Å². The second kappa shape index (κ2) is 5.89. The summed E-state index contributed by atoms with van der Waals surface area (Å²) in [4.78, 5) is 15.8. The van der Waals surface area contributed by atoms with E-state index in [2.05, 4.69) is 40.6 Å². The fourth-order valence-electron chi connectivity index (χ4n) is 1.83. The van der Waals surface area contributed by atoms with Gasteiger partial charge in [-0.3, -0.25) is 9.78 Å². The predicted molar refractivity (Wildman–Crippen MR) is 79.1 cm³/mol. The Balaban J connectivity index is 2.31. The van der Waals surface area contributed by atoms with Crippen LogP contribution in [0.1, 0.15) is 11.3 Å². The summed E-state index contributed by atoms with van der Waals surface area (Å²) in [7, 11) is 0. The molecule has 0 aliphatic carbocycles. The molecule has 1 aromatic heterocycles. The minimum absolute atomic E-state index is 0.191. The fourth-order valence-corrected chi connectivity index (χ4v) is 1.83. The van der Waals surface area contributed by atoms with Crippen LogP contribution in [-0.4, -0.2) is 16.9 Å². The summed E-state index contributed by atoms with van der Waals surface area (Å²) >= 11 is 0. The van der Waals surface area contributed by atoms with E-state index in [1.807, 2.05) is 19.1 Å². The lowest BCUT2D eigenvalue weighted by molar-refractivity contribution is -0.119. The molecule has 1 aliphatic heterocycles. The number of nitrogens with zero attached hydrogens (tertiary/aromatic N) is 1. The van der Waals surface area contributed by atoms with Crippen molar-refractivity contribution in [3.63, 3.8) is 0 Å². The van der Waals surface area contributed by atoms with Gasteiger partial charge < -0.3 is 10.6 Å². The lowest BCUT2D eigenvalue weighted by Crippen LogP contribution is -2.26. The molecule has 100 valence electrons. The molecular formula is C16H15N3O. The number of amides is 1. The molecule has 1 aliphatic rings. The second-order valence-corrected chi connectivity index (χ2v) is 4.27. The van der Waals surface area contributed by atoms with Crippen LogP contribution in [0.4, 0.5) is 0 Å². The highest BCUT2D eigenvalue weighted by atomic mass is 16.2. The molecule has 20 heavy (non-hydrogen) atoms. The van der Waals surface area contributed by atoms with Gasteiger partial charge in [0.25, 0.3) is 5.91 Å². The van der Waals surface area contributed by atoms with E-state index in [0.717, 1.165) is 16.8 Å². The van der Waals surface area contributed by atoms with Gasteiger partial charge in [0.1, 0.15) is 0 Å². The van der Waals surface area contributed by atoms with Crippen LogP contribution in [0.15, 0.2) is 49.5 Å². The Bertz CT molecular complexity index is 662. The summed E-state index contributed by atoms with van der Waals surface area (Å²) < 4.78 is 0. The first-order valence-corrected chi connectivity index (χ1v) is 6.14. The minimum atomic E-state index is -0.576. The average Bonchev–Trinajstić information content (AvgIpc) is 2.74. The van der Waals surface area contributed by atoms with Crippen molar-refractivity contribution in [3.05, 3.63) is 60.7 Å². The van der Waals surface area contributed by atoms with Gasteiger partial charge in [0.15, 0.2) is 6.04 Å². The van der Waals surface area contributed by atoms with E-state index in [4.69, 9.17) is 0 Å². The zero-order valence-corrected chi connectivity index (χ0v) is 11.2. The molecule has 1 unspecified atom stereocenters. The quantitative estimate of drug-likeness (QED) is 0.629. The van der Waals surface area contributed by atoms with Gasteiger partial charge in [-0.2, -0.15) is 0 Å². The Morgan fingerprint density at radius 3 is 2.95 bits per heavy atom. The Morgan fingerprint density at radius 2 is 2.35 bits per heavy atom. The molecule has 1 amide bonds. The summed E-state index contributed by atoms with van der Waals surface area (Å²) in [5.41, 5.74) is 2.58. The molecule has 2 rings (SSSR count). The normalized spacial score (nSPS) is 17.9. The Labute approximate surface area is 118 Å². The van der Waals surface area contributed by atoms with Gasteiger partial charge in [-0.1, -0.05) is 37.1 Å². The Morgan fingerprint density at radius 1 is 1.55 bits per heavy atom. The topological polar surface area (TPSA) is 54.0 Å². The number of hydrogen-bond acceptors (Lipinski definition) is 3. The highest BCUT2D eigenvalue weighted by Crippen LogP contribution is 2.16. The molecule has 0 saturated carbocycles. The molecule has 1 atom stereocenters. The zero-order chi connectivity index (χ0) is 14.5. The van der Waals surface area contributed by atoms with Crippen molar-refractivity contribution in [1.29, 1.82) is 0 Å². The van der Waals surface area contributed by atoms with Gasteiger partial charge >= 0.3 is 0 Å². The third-order valence-electron chi connectivity index (χ3n) is 2.79. The SMILES string of the molecule is C=C/C=C(/C#CC1NC(=C)NC1=O)c1cccnc1C. The summed E-state index contributed by atoms with van der Waals surface area (Å²) in [6.45, 7) is 9.24. The van der Waals surface area contributed by atoms with Gasteiger partial charge in [-0.25, -0.2) is 0 Å². The molecule has 2 N–H and O–H groups in total. The smallest absolute Gasteiger partial charge is 0.260 e. The zero-order valence-electron chi connectivity index (χ0n) is 11.2. The first-order valence-electron chi connectivity index (χ1n) is 6.14. The van der Waals surface area contributed by atoms with Crippen molar-refractivity contribution in [3.8, 4) is 11.8 Å². The standard InChI is InChI=1S/C16H15N3O/c1-4-6-13(14-7-5-10-17-11(14)2)8-9-15-16(20)19-12(3)18-15/h4-7,10,15,18H,1,3H2,2H3,(H,19,20)/b13-6-. The van der Waals surface area contributed by atoms with Gasteiger partial charge in [-0.15, -0.1) is 0 Å². The van der Waals surface area contributed by atoms with Crippen LogP contribution in [0.5, 0.6) is 0 Å². The van der Waals surface area contributed by atoms with Crippen LogP contribution in [-0.2, 0) is 4.79 Å². The molecule has 1 saturated heterocycles. The number of hydrogen-bond donors (Lipinski definition) is 2. The summed E-state index contributed by atoms with van der Waals surface area (Å²) in [6.07, 6.45) is 5.20. The molecule has 0 aromatic carbocycles. The predicted octanol–water partition coefficient (Wildman–Crippen LogP) is 1.52. The molecule has 1 fully saturated rings. The molecule has 4 heteroatoms. The molecule has 0 bridgehead atoms. The van der Waals surface area contributed by atoms with Crippen LogP contribution in [0.25, 0.3) is 5.57 Å². The Kier molecular flexibility index (Phi) is 4.02. The third kappa shape index (κ3) is 2.96. The van der Waals surface area contributed by atoms with Crippen molar-refractivity contribution in [1.82, 2.24) is 15.6 Å². The van der Waals surface area contributed by atoms with E-state index in [9.17, 15) is 4.79 Å². The number of nitrogens with one attached hydrogen (secondary N) is 2. The van der Waals surface area contributed by atoms with E-state index in [1.54, 1.807) is 18.3 Å². The number of aromatic nitrogens is 1. The summed E-state index contributed by atoms with van der Waals surface area (Å²) in [5.74, 6) is 6.18. The van der Waals surface area contributed by atoms with E-state index >= 15 is 0 Å². The molecule has 0 radical (unpaired) electrons. The van der Waals surface area contributed by atoms with Gasteiger partial charge in [0.05, 0.1) is 5.82 Å². The lowest BCUT2D eigenvalue weighted by Gasteiger charge is -2.03. The number of rotatable bonds is 2. The molecule has 2 heterocycles. The highest BCUT2D eigenvalue weighted by Gasteiger charge is 2.23. The monoisotopic (exact) mass is 265 g/mol.